The Bertz CT molecular complexity index is 1330. The van der Waals surface area contributed by atoms with Gasteiger partial charge in [-0.2, -0.15) is 5.26 Å². The summed E-state index contributed by atoms with van der Waals surface area (Å²) in [6.07, 6.45) is 1.51. The summed E-state index contributed by atoms with van der Waals surface area (Å²) in [7, 11) is 0. The molecule has 0 aliphatic rings. The maximum absolute atomic E-state index is 12.8. The molecule has 0 saturated carbocycles. The molecule has 0 atom stereocenters. The van der Waals surface area contributed by atoms with Crippen LogP contribution in [-0.4, -0.2) is 12.5 Å². The van der Waals surface area contributed by atoms with Gasteiger partial charge in [0.25, 0.3) is 5.91 Å². The van der Waals surface area contributed by atoms with Crippen LogP contribution in [0, 0.1) is 25.2 Å². The van der Waals surface area contributed by atoms with Gasteiger partial charge in [-0.3, -0.25) is 4.79 Å². The van der Waals surface area contributed by atoms with Gasteiger partial charge in [0.15, 0.2) is 11.5 Å². The van der Waals surface area contributed by atoms with Gasteiger partial charge in [-0.15, -0.1) is 0 Å². The molecule has 180 valence electrons. The second-order valence-electron chi connectivity index (χ2n) is 7.73. The van der Waals surface area contributed by atoms with Gasteiger partial charge in [0.05, 0.1) is 11.1 Å². The van der Waals surface area contributed by atoms with Gasteiger partial charge < -0.3 is 14.8 Å². The first kappa shape index (κ1) is 26.6. The Hall–Kier alpha value is -2.98. The van der Waals surface area contributed by atoms with E-state index in [0.717, 1.165) is 16.7 Å². The molecule has 0 fully saturated rings. The number of nitrogens with zero attached hydrogens (tertiary/aromatic N) is 1. The molecule has 0 heterocycles. The largest absolute Gasteiger partial charge is 0.490 e. The Kier molecular flexibility index (Phi) is 9.22. The average molecular weight is 574 g/mol. The molecule has 0 spiro atoms. The average Bonchev–Trinajstić information content (AvgIpc) is 2.80. The van der Waals surface area contributed by atoms with Crippen molar-refractivity contribution in [2.75, 3.05) is 11.9 Å². The Labute approximate surface area is 223 Å². The minimum Gasteiger partial charge on any atom is -0.490 e. The zero-order valence-corrected chi connectivity index (χ0v) is 22.5. The summed E-state index contributed by atoms with van der Waals surface area (Å²) in [5.74, 6) is 0.449. The molecule has 1 N–H and O–H groups in total. The molecule has 35 heavy (non-hydrogen) atoms. The van der Waals surface area contributed by atoms with Gasteiger partial charge in [-0.05, 0) is 84.2 Å². The van der Waals surface area contributed by atoms with Crippen molar-refractivity contribution in [3.8, 4) is 17.6 Å². The number of rotatable bonds is 8. The summed E-state index contributed by atoms with van der Waals surface area (Å²) in [6.45, 7) is 6.33. The van der Waals surface area contributed by atoms with E-state index in [2.05, 4.69) is 21.2 Å². The zero-order valence-electron chi connectivity index (χ0n) is 19.4. The van der Waals surface area contributed by atoms with Gasteiger partial charge in [0.2, 0.25) is 0 Å². The monoisotopic (exact) mass is 572 g/mol. The van der Waals surface area contributed by atoms with Crippen LogP contribution in [0.3, 0.4) is 0 Å². The molecule has 0 aliphatic carbocycles. The van der Waals surface area contributed by atoms with Crippen molar-refractivity contribution in [3.05, 3.63) is 90.9 Å². The number of aryl methyl sites for hydroxylation is 2. The van der Waals surface area contributed by atoms with Crippen LogP contribution in [-0.2, 0) is 11.4 Å². The standard InChI is InChI=1S/C27H23BrCl2N2O3/c1-4-34-25-12-18(10-20(14-31)27(33)32-24-8-5-16(2)9-17(24)3)11-22(28)26(25)35-15-19-6-7-21(29)13-23(19)30/h5-13H,4,15H2,1-3H3,(H,32,33)/b20-10-. The maximum Gasteiger partial charge on any atom is 0.266 e. The van der Waals surface area contributed by atoms with Crippen molar-refractivity contribution in [2.45, 2.75) is 27.4 Å². The molecule has 0 radical (unpaired) electrons. The molecule has 3 aromatic rings. The number of ether oxygens (including phenoxy) is 2. The minimum atomic E-state index is -0.494. The fraction of sp³-hybridized carbons (Fsp3) is 0.185. The van der Waals surface area contributed by atoms with Crippen LogP contribution in [0.1, 0.15) is 29.2 Å². The molecular weight excluding hydrogens is 551 g/mol. The minimum absolute atomic E-state index is 0.0408. The lowest BCUT2D eigenvalue weighted by Crippen LogP contribution is -2.14. The van der Waals surface area contributed by atoms with Crippen molar-refractivity contribution in [2.24, 2.45) is 0 Å². The third-order valence-corrected chi connectivity index (χ3v) is 6.20. The van der Waals surface area contributed by atoms with Gasteiger partial charge in [-0.1, -0.05) is 47.0 Å². The first-order valence-electron chi connectivity index (χ1n) is 10.7. The highest BCUT2D eigenvalue weighted by atomic mass is 79.9. The molecule has 3 aromatic carbocycles. The van der Waals surface area contributed by atoms with Crippen molar-refractivity contribution >= 4 is 56.8 Å². The lowest BCUT2D eigenvalue weighted by Gasteiger charge is -2.15. The number of nitrogens with one attached hydrogen (secondary N) is 1. The van der Waals surface area contributed by atoms with Crippen LogP contribution in [0.25, 0.3) is 6.08 Å². The molecule has 0 aromatic heterocycles. The smallest absolute Gasteiger partial charge is 0.266 e. The lowest BCUT2D eigenvalue weighted by molar-refractivity contribution is -0.112. The number of halogens is 3. The Morgan fingerprint density at radius 1 is 1.11 bits per heavy atom. The topological polar surface area (TPSA) is 71.3 Å². The highest BCUT2D eigenvalue weighted by Crippen LogP contribution is 2.38. The van der Waals surface area contributed by atoms with Gasteiger partial charge in [0, 0.05) is 21.3 Å². The van der Waals surface area contributed by atoms with Crippen LogP contribution in [0.2, 0.25) is 10.0 Å². The van der Waals surface area contributed by atoms with E-state index in [1.807, 2.05) is 45.0 Å². The van der Waals surface area contributed by atoms with E-state index < -0.39 is 5.91 Å². The Morgan fingerprint density at radius 2 is 1.89 bits per heavy atom. The predicted octanol–water partition coefficient (Wildman–Crippen LogP) is 7.90. The number of hydrogen-bond donors (Lipinski definition) is 1. The van der Waals surface area contributed by atoms with Crippen LogP contribution in [0.4, 0.5) is 5.69 Å². The predicted molar refractivity (Wildman–Crippen MR) is 144 cm³/mol. The number of amides is 1. The molecular formula is C27H23BrCl2N2O3. The SMILES string of the molecule is CCOc1cc(/C=C(/C#N)C(=O)Nc2ccc(C)cc2C)cc(Br)c1OCc1ccc(Cl)cc1Cl. The van der Waals surface area contributed by atoms with Crippen molar-refractivity contribution < 1.29 is 14.3 Å². The fourth-order valence-electron chi connectivity index (χ4n) is 3.32. The van der Waals surface area contributed by atoms with E-state index in [1.165, 1.54) is 6.08 Å². The van der Waals surface area contributed by atoms with Crippen LogP contribution >= 0.6 is 39.1 Å². The molecule has 8 heteroatoms. The van der Waals surface area contributed by atoms with E-state index >= 15 is 0 Å². The van der Waals surface area contributed by atoms with Gasteiger partial charge >= 0.3 is 0 Å². The van der Waals surface area contributed by atoms with Gasteiger partial charge in [-0.25, -0.2) is 0 Å². The summed E-state index contributed by atoms with van der Waals surface area (Å²) < 4.78 is 12.4. The number of carbonyl (C=O) groups excluding carboxylic acids is 1. The summed E-state index contributed by atoms with van der Waals surface area (Å²) in [4.78, 5) is 12.8. The molecule has 1 amide bonds. The third-order valence-electron chi connectivity index (χ3n) is 5.03. The molecule has 5 nitrogen and oxygen atoms in total. The first-order valence-corrected chi connectivity index (χ1v) is 12.3. The normalized spacial score (nSPS) is 11.1. The zero-order chi connectivity index (χ0) is 25.5. The summed E-state index contributed by atoms with van der Waals surface area (Å²) >= 11 is 15.7. The second kappa shape index (κ2) is 12.1. The molecule has 0 aliphatic heterocycles. The third kappa shape index (κ3) is 7.02. The molecule has 0 bridgehead atoms. The lowest BCUT2D eigenvalue weighted by atomic mass is 10.1. The van der Waals surface area contributed by atoms with E-state index in [4.69, 9.17) is 32.7 Å². The number of carbonyl (C=O) groups is 1. The van der Waals surface area contributed by atoms with Crippen molar-refractivity contribution in [1.29, 1.82) is 5.26 Å². The second-order valence-corrected chi connectivity index (χ2v) is 9.43. The van der Waals surface area contributed by atoms with Crippen molar-refractivity contribution in [1.82, 2.24) is 0 Å². The summed E-state index contributed by atoms with van der Waals surface area (Å²) in [5.41, 5.74) is 3.99. The summed E-state index contributed by atoms with van der Waals surface area (Å²) in [6, 6.07) is 16.3. The number of nitriles is 1. The number of hydrogen-bond acceptors (Lipinski definition) is 4. The molecule has 0 unspecified atom stereocenters. The summed E-state index contributed by atoms with van der Waals surface area (Å²) in [5, 5.41) is 13.5. The van der Waals surface area contributed by atoms with E-state index in [-0.39, 0.29) is 12.2 Å². The van der Waals surface area contributed by atoms with E-state index in [1.54, 1.807) is 30.3 Å². The van der Waals surface area contributed by atoms with Crippen LogP contribution < -0.4 is 14.8 Å². The Balaban J connectivity index is 1.86. The number of anilines is 1. The Morgan fingerprint density at radius 3 is 2.54 bits per heavy atom. The first-order chi connectivity index (χ1) is 16.7. The van der Waals surface area contributed by atoms with Crippen LogP contribution in [0.15, 0.2) is 58.6 Å². The highest BCUT2D eigenvalue weighted by Gasteiger charge is 2.16. The molecule has 0 saturated heterocycles. The highest BCUT2D eigenvalue weighted by molar-refractivity contribution is 9.10. The fourth-order valence-corrected chi connectivity index (χ4v) is 4.36. The number of benzene rings is 3. The van der Waals surface area contributed by atoms with Crippen molar-refractivity contribution in [3.63, 3.8) is 0 Å². The maximum atomic E-state index is 12.8. The van der Waals surface area contributed by atoms with E-state index in [0.29, 0.717) is 43.9 Å². The van der Waals surface area contributed by atoms with Gasteiger partial charge in [0.1, 0.15) is 18.2 Å². The van der Waals surface area contributed by atoms with Crippen LogP contribution in [0.5, 0.6) is 11.5 Å². The quantitative estimate of drug-likeness (QED) is 0.219. The van der Waals surface area contributed by atoms with E-state index in [9.17, 15) is 10.1 Å². The molecule has 3 rings (SSSR count).